The minimum absolute atomic E-state index is 0.0651. The number of nitrogens with zero attached hydrogens (tertiary/aromatic N) is 5. The van der Waals surface area contributed by atoms with Gasteiger partial charge in [-0.05, 0) is 48.5 Å². The second-order valence-electron chi connectivity index (χ2n) is 7.21. The highest BCUT2D eigenvalue weighted by molar-refractivity contribution is 7.85. The Morgan fingerprint density at radius 1 is 0.861 bits per heavy atom. The van der Waals surface area contributed by atoms with Crippen molar-refractivity contribution in [3.05, 3.63) is 98.6 Å². The molecule has 182 valence electrons. The molecule has 36 heavy (non-hydrogen) atoms. The van der Waals surface area contributed by atoms with Crippen LogP contribution in [0.1, 0.15) is 5.56 Å². The van der Waals surface area contributed by atoms with Crippen LogP contribution >= 0.6 is 0 Å². The van der Waals surface area contributed by atoms with Crippen molar-refractivity contribution >= 4 is 50.2 Å². The Morgan fingerprint density at radius 2 is 1.39 bits per heavy atom. The second-order valence-corrected chi connectivity index (χ2v) is 8.64. The summed E-state index contributed by atoms with van der Waals surface area (Å²) in [5.41, 5.74) is 2.96. The second kappa shape index (κ2) is 9.32. The van der Waals surface area contributed by atoms with Crippen LogP contribution in [0.2, 0.25) is 0 Å². The Kier molecular flexibility index (Phi) is 6.24. The largest absolute Gasteiger partial charge is 0.301 e. The quantitative estimate of drug-likeness (QED) is 0.272. The fourth-order valence-electron chi connectivity index (χ4n) is 3.14. The molecule has 0 saturated heterocycles. The molecule has 0 radical (unpaired) electrons. The van der Waals surface area contributed by atoms with Crippen molar-refractivity contribution in [2.24, 2.45) is 10.2 Å². The van der Waals surface area contributed by atoms with Gasteiger partial charge in [0.05, 0.1) is 26.1 Å². The van der Waals surface area contributed by atoms with Crippen LogP contribution in [0.3, 0.4) is 0 Å². The zero-order valence-electron chi connectivity index (χ0n) is 17.9. The van der Waals surface area contributed by atoms with Crippen LogP contribution < -0.4 is 10.4 Å². The normalized spacial score (nSPS) is 14.6. The molecule has 0 bridgehead atoms. The van der Waals surface area contributed by atoms with Crippen molar-refractivity contribution in [3.63, 3.8) is 0 Å². The molecule has 1 aliphatic heterocycles. The molecule has 14 nitrogen and oxygen atoms in total. The average molecular weight is 510 g/mol. The summed E-state index contributed by atoms with van der Waals surface area (Å²) < 4.78 is 31.5. The predicted octanol–water partition coefficient (Wildman–Crippen LogP) is 2.97. The lowest BCUT2D eigenvalue weighted by Crippen LogP contribution is -2.28. The molecule has 0 atom stereocenters. The molecule has 0 spiro atoms. The molecule has 1 amide bonds. The van der Waals surface area contributed by atoms with Crippen molar-refractivity contribution in [1.82, 2.24) is 0 Å². The lowest BCUT2D eigenvalue weighted by Gasteiger charge is -2.10. The number of carbonyl (C=O) groups excluding carboxylic acids is 1. The summed E-state index contributed by atoms with van der Waals surface area (Å²) in [6.45, 7) is 0. The van der Waals surface area contributed by atoms with Crippen molar-refractivity contribution in [1.29, 1.82) is 0 Å². The minimum Gasteiger partial charge on any atom is -0.282 e. The van der Waals surface area contributed by atoms with Crippen LogP contribution in [0.15, 0.2) is 87.9 Å². The summed E-state index contributed by atoms with van der Waals surface area (Å²) in [5, 5.41) is 31.3. The molecule has 0 unspecified atom stereocenters. The number of rotatable bonds is 7. The molecular weight excluding hydrogens is 496 g/mol. The summed E-state index contributed by atoms with van der Waals surface area (Å²) in [7, 11) is -4.39. The number of hydrogen-bond acceptors (Lipinski definition) is 10. The lowest BCUT2D eigenvalue weighted by molar-refractivity contribution is -0.385. The standard InChI is InChI=1S/C21H14N6O8S/c28-21-20(23-22-14-3-11-18(12-4-14)36(33,34)35)19(13-1-5-16(6-2-13)26(29)30)24-25(21)15-7-9-17(10-8-15)27(31)32/h1-12,22H,(H,33,34,35). The molecule has 0 fully saturated rings. The number of nitrogens with one attached hydrogen (secondary N) is 1. The molecule has 0 aliphatic carbocycles. The predicted molar refractivity (Wildman–Crippen MR) is 128 cm³/mol. The van der Waals surface area contributed by atoms with Crippen LogP contribution in [-0.2, 0) is 14.9 Å². The molecular formula is C21H14N6O8S. The molecule has 3 aromatic carbocycles. The smallest absolute Gasteiger partial charge is 0.282 e. The number of nitro groups is 2. The maximum absolute atomic E-state index is 13.2. The number of hydrazone groups is 2. The van der Waals surface area contributed by atoms with E-state index in [-0.39, 0.29) is 39.1 Å². The highest BCUT2D eigenvalue weighted by Crippen LogP contribution is 2.25. The van der Waals surface area contributed by atoms with Crippen LogP contribution in [0.4, 0.5) is 22.7 Å². The highest BCUT2D eigenvalue weighted by atomic mass is 32.2. The Bertz CT molecular complexity index is 1530. The first kappa shape index (κ1) is 24.1. The van der Waals surface area contributed by atoms with Crippen LogP contribution in [0, 0.1) is 20.2 Å². The zero-order chi connectivity index (χ0) is 26.0. The average Bonchev–Trinajstić information content (AvgIpc) is 3.18. The summed E-state index contributed by atoms with van der Waals surface area (Å²) in [6, 6.07) is 15.2. The minimum atomic E-state index is -4.39. The van der Waals surface area contributed by atoms with Gasteiger partial charge in [-0.15, -0.1) is 0 Å². The number of hydrogen-bond donors (Lipinski definition) is 2. The fraction of sp³-hybridized carbons (Fsp3) is 0. The number of amides is 1. The van der Waals surface area contributed by atoms with Crippen molar-refractivity contribution in [2.75, 3.05) is 10.4 Å². The monoisotopic (exact) mass is 510 g/mol. The first-order chi connectivity index (χ1) is 17.0. The molecule has 1 heterocycles. The molecule has 3 aromatic rings. The van der Waals surface area contributed by atoms with Crippen LogP contribution in [-0.4, -0.2) is 40.1 Å². The third kappa shape index (κ3) is 4.91. The Hall–Kier alpha value is -5.02. The van der Waals surface area contributed by atoms with E-state index in [0.717, 1.165) is 17.1 Å². The SMILES string of the molecule is O=C1C(=NNc2ccc(S(=O)(=O)O)cc2)C(c2ccc([N+](=O)[O-])cc2)=NN1c1ccc([N+](=O)[O-])cc1. The third-order valence-electron chi connectivity index (χ3n) is 4.92. The fourth-order valence-corrected chi connectivity index (χ4v) is 3.62. The first-order valence-corrected chi connectivity index (χ1v) is 11.3. The number of anilines is 2. The summed E-state index contributed by atoms with van der Waals surface area (Å²) in [5.74, 6) is -0.695. The van der Waals surface area contributed by atoms with E-state index in [0.29, 0.717) is 5.56 Å². The molecule has 4 rings (SSSR count). The van der Waals surface area contributed by atoms with Gasteiger partial charge >= 0.3 is 5.91 Å². The van der Waals surface area contributed by atoms with Gasteiger partial charge in [-0.1, -0.05) is 0 Å². The van der Waals surface area contributed by atoms with E-state index in [1.807, 2.05) is 0 Å². The molecule has 0 aromatic heterocycles. The topological polar surface area (TPSA) is 198 Å². The summed E-state index contributed by atoms with van der Waals surface area (Å²) in [6.07, 6.45) is 0. The van der Waals surface area contributed by atoms with Gasteiger partial charge in [-0.25, -0.2) is 0 Å². The number of benzene rings is 3. The van der Waals surface area contributed by atoms with Gasteiger partial charge in [-0.3, -0.25) is 35.0 Å². The number of non-ortho nitro benzene ring substituents is 2. The summed E-state index contributed by atoms with van der Waals surface area (Å²) >= 11 is 0. The number of carbonyl (C=O) groups is 1. The van der Waals surface area contributed by atoms with E-state index in [4.69, 9.17) is 4.55 Å². The molecule has 1 aliphatic rings. The Balaban J connectivity index is 1.71. The van der Waals surface area contributed by atoms with Crippen LogP contribution in [0.5, 0.6) is 0 Å². The van der Waals surface area contributed by atoms with Gasteiger partial charge < -0.3 is 0 Å². The van der Waals surface area contributed by atoms with E-state index >= 15 is 0 Å². The molecule has 0 saturated carbocycles. The van der Waals surface area contributed by atoms with Gasteiger partial charge in [-0.2, -0.15) is 23.6 Å². The first-order valence-electron chi connectivity index (χ1n) is 9.88. The van der Waals surface area contributed by atoms with E-state index < -0.39 is 25.9 Å². The Labute approximate surface area is 202 Å². The van der Waals surface area contributed by atoms with E-state index in [1.54, 1.807) is 0 Å². The van der Waals surface area contributed by atoms with Gasteiger partial charge in [0.25, 0.3) is 21.5 Å². The van der Waals surface area contributed by atoms with Gasteiger partial charge in [0.1, 0.15) is 5.71 Å². The maximum atomic E-state index is 13.2. The van der Waals surface area contributed by atoms with Gasteiger partial charge in [0.15, 0.2) is 5.71 Å². The van der Waals surface area contributed by atoms with E-state index in [9.17, 15) is 33.4 Å². The van der Waals surface area contributed by atoms with E-state index in [2.05, 4.69) is 15.6 Å². The summed E-state index contributed by atoms with van der Waals surface area (Å²) in [4.78, 5) is 33.6. The van der Waals surface area contributed by atoms with Crippen molar-refractivity contribution in [3.8, 4) is 0 Å². The Morgan fingerprint density at radius 3 is 1.89 bits per heavy atom. The lowest BCUT2D eigenvalue weighted by atomic mass is 10.1. The molecule has 2 N–H and O–H groups in total. The zero-order valence-corrected chi connectivity index (χ0v) is 18.7. The maximum Gasteiger partial charge on any atom is 0.301 e. The number of nitro benzene ring substituents is 2. The van der Waals surface area contributed by atoms with Gasteiger partial charge in [0.2, 0.25) is 0 Å². The van der Waals surface area contributed by atoms with E-state index in [1.165, 1.54) is 60.7 Å². The third-order valence-corrected chi connectivity index (χ3v) is 5.79. The molecule has 15 heteroatoms. The van der Waals surface area contributed by atoms with Gasteiger partial charge in [0, 0.05) is 29.8 Å². The van der Waals surface area contributed by atoms with Crippen molar-refractivity contribution in [2.45, 2.75) is 4.90 Å². The van der Waals surface area contributed by atoms with Crippen molar-refractivity contribution < 1.29 is 27.6 Å². The van der Waals surface area contributed by atoms with Crippen LogP contribution in [0.25, 0.3) is 0 Å². The highest BCUT2D eigenvalue weighted by Gasteiger charge is 2.34.